The van der Waals surface area contributed by atoms with Gasteiger partial charge in [0.1, 0.15) is 9.90 Å². The van der Waals surface area contributed by atoms with Gasteiger partial charge in [-0.3, -0.25) is 4.79 Å². The van der Waals surface area contributed by atoms with Crippen LogP contribution in [0.25, 0.3) is 0 Å². The van der Waals surface area contributed by atoms with Crippen molar-refractivity contribution in [3.63, 3.8) is 0 Å². The molecule has 1 saturated carbocycles. The summed E-state index contributed by atoms with van der Waals surface area (Å²) in [5.74, 6) is -0.204. The highest BCUT2D eigenvalue weighted by Gasteiger charge is 2.41. The van der Waals surface area contributed by atoms with Crippen molar-refractivity contribution in [3.8, 4) is 0 Å². The average molecular weight is 330 g/mol. The maximum atomic E-state index is 12.0. The minimum atomic E-state index is -3.47. The molecule has 3 N–H and O–H groups in total. The number of anilines is 2. The summed E-state index contributed by atoms with van der Waals surface area (Å²) in [5.41, 5.74) is 6.25. The van der Waals surface area contributed by atoms with Crippen molar-refractivity contribution in [2.75, 3.05) is 23.9 Å². The third kappa shape index (κ3) is 3.40. The molecule has 0 radical (unpaired) electrons. The fourth-order valence-electron chi connectivity index (χ4n) is 2.66. The van der Waals surface area contributed by atoms with Gasteiger partial charge in [-0.25, -0.2) is 8.42 Å². The number of nitrogen functional groups attached to an aromatic ring is 1. The third-order valence-corrected chi connectivity index (χ3v) is 6.51. The van der Waals surface area contributed by atoms with E-state index in [1.165, 1.54) is 19.8 Å². The Balaban J connectivity index is 2.30. The maximum Gasteiger partial charge on any atom is 0.180 e. The van der Waals surface area contributed by atoms with E-state index in [1.807, 2.05) is 0 Å². The molecular formula is C14H22N2O3S2. The first-order chi connectivity index (χ1) is 9.70. The molecule has 5 nitrogen and oxygen atoms in total. The number of ketones is 1. The summed E-state index contributed by atoms with van der Waals surface area (Å²) in [6.07, 6.45) is 5.71. The summed E-state index contributed by atoms with van der Waals surface area (Å²) < 4.78 is 23.9. The third-order valence-electron chi connectivity index (χ3n) is 3.95. The van der Waals surface area contributed by atoms with E-state index in [-0.39, 0.29) is 16.4 Å². The van der Waals surface area contributed by atoms with Gasteiger partial charge in [0.25, 0.3) is 0 Å². The van der Waals surface area contributed by atoms with E-state index in [4.69, 9.17) is 5.73 Å². The summed E-state index contributed by atoms with van der Waals surface area (Å²) in [6.45, 7) is 4.29. The van der Waals surface area contributed by atoms with Crippen molar-refractivity contribution >= 4 is 37.6 Å². The fourth-order valence-corrected chi connectivity index (χ4v) is 5.13. The summed E-state index contributed by atoms with van der Waals surface area (Å²) in [4.78, 5) is 12.0. The highest BCUT2D eigenvalue weighted by Crippen LogP contribution is 2.50. The first-order valence-electron chi connectivity index (χ1n) is 7.07. The molecule has 0 spiro atoms. The summed E-state index contributed by atoms with van der Waals surface area (Å²) in [6, 6.07) is 0. The van der Waals surface area contributed by atoms with Gasteiger partial charge in [0.15, 0.2) is 15.6 Å². The second-order valence-electron chi connectivity index (χ2n) is 5.94. The van der Waals surface area contributed by atoms with Crippen molar-refractivity contribution in [1.29, 1.82) is 0 Å². The van der Waals surface area contributed by atoms with Crippen molar-refractivity contribution in [1.82, 2.24) is 0 Å². The van der Waals surface area contributed by atoms with E-state index < -0.39 is 9.84 Å². The topological polar surface area (TPSA) is 89.3 Å². The van der Waals surface area contributed by atoms with Gasteiger partial charge < -0.3 is 11.1 Å². The molecule has 21 heavy (non-hydrogen) atoms. The number of nitrogens with two attached hydrogens (primary N) is 1. The molecule has 1 heterocycles. The monoisotopic (exact) mass is 330 g/mol. The molecule has 7 heteroatoms. The Kier molecular flexibility index (Phi) is 4.35. The molecule has 0 aliphatic heterocycles. The first-order valence-corrected chi connectivity index (χ1v) is 9.78. The quantitative estimate of drug-likeness (QED) is 0.750. The van der Waals surface area contributed by atoms with Crippen molar-refractivity contribution < 1.29 is 13.2 Å². The number of hydrogen-bond acceptors (Lipinski definition) is 6. The average Bonchev–Trinajstić information content (AvgIpc) is 3.01. The van der Waals surface area contributed by atoms with Gasteiger partial charge in [0, 0.05) is 19.7 Å². The molecule has 0 bridgehead atoms. The van der Waals surface area contributed by atoms with Crippen LogP contribution in [0.3, 0.4) is 0 Å². The van der Waals surface area contributed by atoms with E-state index in [0.29, 0.717) is 15.3 Å². The van der Waals surface area contributed by atoms with Crippen LogP contribution in [0.1, 0.15) is 49.2 Å². The van der Waals surface area contributed by atoms with Gasteiger partial charge in [-0.2, -0.15) is 0 Å². The molecule has 1 aromatic rings. The Labute approximate surface area is 129 Å². The zero-order valence-electron chi connectivity index (χ0n) is 12.7. The summed E-state index contributed by atoms with van der Waals surface area (Å²) in [7, 11) is -3.47. The zero-order chi connectivity index (χ0) is 15.8. The predicted octanol–water partition coefficient (Wildman–Crippen LogP) is 2.93. The van der Waals surface area contributed by atoms with Crippen LogP contribution in [-0.2, 0) is 9.84 Å². The SMILES string of the molecule is CCCC1(CNc2sc(C(C)=O)c(N)c2S(C)(=O)=O)CC1. The molecular weight excluding hydrogens is 308 g/mol. The second-order valence-corrected chi connectivity index (χ2v) is 8.91. The number of sulfone groups is 1. The number of Topliss-reactive ketones (excluding diaryl/α,β-unsaturated/α-hetero) is 1. The van der Waals surface area contributed by atoms with E-state index in [9.17, 15) is 13.2 Å². The molecule has 1 fully saturated rings. The minimum Gasteiger partial charge on any atom is -0.396 e. The molecule has 118 valence electrons. The van der Waals surface area contributed by atoms with Crippen LogP contribution in [0.5, 0.6) is 0 Å². The number of carbonyl (C=O) groups excluding carboxylic acids is 1. The van der Waals surface area contributed by atoms with Crippen LogP contribution in [0.4, 0.5) is 10.7 Å². The zero-order valence-corrected chi connectivity index (χ0v) is 14.3. The largest absolute Gasteiger partial charge is 0.396 e. The van der Waals surface area contributed by atoms with E-state index in [0.717, 1.165) is 37.0 Å². The van der Waals surface area contributed by atoms with Gasteiger partial charge in [0.2, 0.25) is 0 Å². The van der Waals surface area contributed by atoms with Gasteiger partial charge >= 0.3 is 0 Å². The van der Waals surface area contributed by atoms with Crippen LogP contribution in [-0.4, -0.2) is 27.0 Å². The second kappa shape index (κ2) is 5.61. The number of hydrogen-bond donors (Lipinski definition) is 2. The molecule has 0 saturated heterocycles. The predicted molar refractivity (Wildman–Crippen MR) is 86.9 cm³/mol. The van der Waals surface area contributed by atoms with Gasteiger partial charge in [-0.05, 0) is 24.7 Å². The number of carbonyl (C=O) groups is 1. The Bertz CT molecular complexity index is 658. The summed E-state index contributed by atoms with van der Waals surface area (Å²) >= 11 is 1.14. The van der Waals surface area contributed by atoms with Gasteiger partial charge in [-0.1, -0.05) is 13.3 Å². The highest BCUT2D eigenvalue weighted by molar-refractivity contribution is 7.91. The molecule has 0 aromatic carbocycles. The minimum absolute atomic E-state index is 0.0741. The molecule has 1 aromatic heterocycles. The van der Waals surface area contributed by atoms with Crippen molar-refractivity contribution in [2.45, 2.75) is 44.4 Å². The van der Waals surface area contributed by atoms with Crippen LogP contribution in [0.2, 0.25) is 0 Å². The Morgan fingerprint density at radius 2 is 2.05 bits per heavy atom. The first kappa shape index (κ1) is 16.3. The van der Waals surface area contributed by atoms with Crippen LogP contribution in [0, 0.1) is 5.41 Å². The van der Waals surface area contributed by atoms with Crippen LogP contribution >= 0.6 is 11.3 Å². The van der Waals surface area contributed by atoms with Crippen molar-refractivity contribution in [2.24, 2.45) is 5.41 Å². The Hall–Kier alpha value is -1.08. The number of rotatable bonds is 7. The van der Waals surface area contributed by atoms with Gasteiger partial charge in [-0.15, -0.1) is 11.3 Å². The van der Waals surface area contributed by atoms with Crippen LogP contribution in [0.15, 0.2) is 4.90 Å². The molecule has 2 rings (SSSR count). The fraction of sp³-hybridized carbons (Fsp3) is 0.643. The highest BCUT2D eigenvalue weighted by atomic mass is 32.2. The number of nitrogens with one attached hydrogen (secondary N) is 1. The molecule has 0 unspecified atom stereocenters. The van der Waals surface area contributed by atoms with Crippen molar-refractivity contribution in [3.05, 3.63) is 4.88 Å². The van der Waals surface area contributed by atoms with Crippen LogP contribution < -0.4 is 11.1 Å². The number of thiophene rings is 1. The van der Waals surface area contributed by atoms with E-state index in [2.05, 4.69) is 12.2 Å². The Morgan fingerprint density at radius 3 is 2.48 bits per heavy atom. The smallest absolute Gasteiger partial charge is 0.180 e. The standard InChI is InChI=1S/C14H22N2O3S2/c1-4-5-14(6-7-14)8-16-13-12(21(3,18)19)10(15)11(20-13)9(2)17/h16H,4-8,15H2,1-3H3. The maximum absolute atomic E-state index is 12.0. The molecule has 0 amide bonds. The lowest BCUT2D eigenvalue weighted by molar-refractivity contribution is 0.102. The van der Waals surface area contributed by atoms with E-state index in [1.54, 1.807) is 0 Å². The lowest BCUT2D eigenvalue weighted by Crippen LogP contribution is -2.16. The van der Waals surface area contributed by atoms with Gasteiger partial charge in [0.05, 0.1) is 10.6 Å². The lowest BCUT2D eigenvalue weighted by atomic mass is 10.0. The molecule has 0 atom stereocenters. The normalized spacial score (nSPS) is 16.7. The Morgan fingerprint density at radius 1 is 1.43 bits per heavy atom. The summed E-state index contributed by atoms with van der Waals surface area (Å²) in [5, 5.41) is 3.73. The van der Waals surface area contributed by atoms with E-state index >= 15 is 0 Å². The molecule has 1 aliphatic carbocycles. The lowest BCUT2D eigenvalue weighted by Gasteiger charge is -2.15. The molecule has 1 aliphatic rings.